The molecule has 34 heavy (non-hydrogen) atoms. The number of aromatic hydroxyl groups is 3. The van der Waals surface area contributed by atoms with Crippen molar-refractivity contribution >= 4 is 5.78 Å². The minimum Gasteiger partial charge on any atom is -0.508 e. The van der Waals surface area contributed by atoms with Gasteiger partial charge in [0.1, 0.15) is 11.5 Å². The molecule has 180 valence electrons. The van der Waals surface area contributed by atoms with Gasteiger partial charge in [0.05, 0.1) is 20.3 Å². The van der Waals surface area contributed by atoms with E-state index in [4.69, 9.17) is 9.47 Å². The standard InChI is InChI=1S/C27H30O7/c1-33-26-13-17(7-10-23(26)30)6-9-21(29)16-25(32)22(19-4-3-5-20(28)15-19)12-18-8-11-24(31)27(14-18)34-2/h3-5,7-8,10-11,13-15,21-22,28-31H,6,9,12,16H2,1-2H3. The van der Waals surface area contributed by atoms with Crippen LogP contribution in [-0.2, 0) is 17.6 Å². The molecule has 7 nitrogen and oxygen atoms in total. The Morgan fingerprint density at radius 2 is 1.47 bits per heavy atom. The fraction of sp³-hybridized carbons (Fsp3) is 0.296. The summed E-state index contributed by atoms with van der Waals surface area (Å²) in [5.41, 5.74) is 2.30. The molecular formula is C27H30O7. The minimum atomic E-state index is -0.860. The molecule has 0 aliphatic heterocycles. The van der Waals surface area contributed by atoms with E-state index in [0.29, 0.717) is 36.3 Å². The highest BCUT2D eigenvalue weighted by molar-refractivity contribution is 5.86. The maximum absolute atomic E-state index is 13.3. The Bertz CT molecular complexity index is 1130. The predicted molar refractivity (Wildman–Crippen MR) is 128 cm³/mol. The normalized spacial score (nSPS) is 12.7. The fourth-order valence-corrected chi connectivity index (χ4v) is 3.93. The van der Waals surface area contributed by atoms with Crippen LogP contribution in [0.2, 0.25) is 0 Å². The van der Waals surface area contributed by atoms with Crippen molar-refractivity contribution in [1.82, 2.24) is 0 Å². The number of Topliss-reactive ketones (excluding diaryl/α,β-unsaturated/α-hetero) is 1. The second kappa shape index (κ2) is 11.4. The van der Waals surface area contributed by atoms with Gasteiger partial charge >= 0.3 is 0 Å². The van der Waals surface area contributed by atoms with Crippen LogP contribution in [0.4, 0.5) is 0 Å². The van der Waals surface area contributed by atoms with E-state index in [1.807, 2.05) is 0 Å². The molecule has 0 heterocycles. The number of carbonyl (C=O) groups is 1. The number of hydrogen-bond acceptors (Lipinski definition) is 7. The van der Waals surface area contributed by atoms with Crippen LogP contribution >= 0.6 is 0 Å². The Morgan fingerprint density at radius 1 is 0.853 bits per heavy atom. The van der Waals surface area contributed by atoms with Crippen LogP contribution in [0.1, 0.15) is 35.4 Å². The van der Waals surface area contributed by atoms with Gasteiger partial charge in [0, 0.05) is 12.3 Å². The van der Waals surface area contributed by atoms with Crippen LogP contribution in [0.3, 0.4) is 0 Å². The number of benzene rings is 3. The maximum atomic E-state index is 13.3. The van der Waals surface area contributed by atoms with Gasteiger partial charge in [-0.05, 0) is 72.4 Å². The lowest BCUT2D eigenvalue weighted by Crippen LogP contribution is -2.22. The molecule has 0 saturated heterocycles. The number of aliphatic hydroxyl groups excluding tert-OH is 1. The zero-order valence-electron chi connectivity index (χ0n) is 19.3. The van der Waals surface area contributed by atoms with Crippen molar-refractivity contribution in [3.63, 3.8) is 0 Å². The van der Waals surface area contributed by atoms with E-state index in [0.717, 1.165) is 11.1 Å². The van der Waals surface area contributed by atoms with Crippen molar-refractivity contribution < 1.29 is 34.7 Å². The highest BCUT2D eigenvalue weighted by atomic mass is 16.5. The molecule has 0 amide bonds. The van der Waals surface area contributed by atoms with Crippen LogP contribution < -0.4 is 9.47 Å². The minimum absolute atomic E-state index is 0.00719. The van der Waals surface area contributed by atoms with Gasteiger partial charge in [0.2, 0.25) is 0 Å². The summed E-state index contributed by atoms with van der Waals surface area (Å²) < 4.78 is 10.3. The molecule has 0 aromatic heterocycles. The van der Waals surface area contributed by atoms with Crippen molar-refractivity contribution in [1.29, 1.82) is 0 Å². The first kappa shape index (κ1) is 24.9. The number of phenolic OH excluding ortho intramolecular Hbond substituents is 3. The first-order valence-electron chi connectivity index (χ1n) is 11.0. The Kier molecular flexibility index (Phi) is 8.38. The highest BCUT2D eigenvalue weighted by Crippen LogP contribution is 2.32. The lowest BCUT2D eigenvalue weighted by atomic mass is 9.85. The Morgan fingerprint density at radius 3 is 2.09 bits per heavy atom. The van der Waals surface area contributed by atoms with E-state index in [2.05, 4.69) is 0 Å². The lowest BCUT2D eigenvalue weighted by molar-refractivity contribution is -0.122. The topological polar surface area (TPSA) is 116 Å². The van der Waals surface area contributed by atoms with Crippen LogP contribution in [0.15, 0.2) is 60.7 Å². The van der Waals surface area contributed by atoms with E-state index in [1.165, 1.54) is 32.4 Å². The second-order valence-corrected chi connectivity index (χ2v) is 8.23. The molecule has 0 bridgehead atoms. The van der Waals surface area contributed by atoms with E-state index < -0.39 is 12.0 Å². The van der Waals surface area contributed by atoms with E-state index in [1.54, 1.807) is 42.5 Å². The SMILES string of the molecule is COc1cc(CCC(O)CC(=O)C(Cc2ccc(O)c(OC)c2)c2cccc(O)c2)ccc1O. The number of rotatable bonds is 11. The fourth-order valence-electron chi connectivity index (χ4n) is 3.93. The average molecular weight is 467 g/mol. The third-order valence-electron chi connectivity index (χ3n) is 5.79. The summed E-state index contributed by atoms with van der Waals surface area (Å²) in [6.45, 7) is 0. The highest BCUT2D eigenvalue weighted by Gasteiger charge is 2.24. The molecular weight excluding hydrogens is 436 g/mol. The zero-order chi connectivity index (χ0) is 24.7. The molecule has 0 saturated carbocycles. The molecule has 0 aliphatic carbocycles. The quantitative estimate of drug-likeness (QED) is 0.336. The molecule has 2 unspecified atom stereocenters. The van der Waals surface area contributed by atoms with Gasteiger partial charge < -0.3 is 29.9 Å². The van der Waals surface area contributed by atoms with Crippen LogP contribution in [0, 0.1) is 0 Å². The van der Waals surface area contributed by atoms with Crippen molar-refractivity contribution in [2.45, 2.75) is 37.7 Å². The summed E-state index contributed by atoms with van der Waals surface area (Å²) in [7, 11) is 2.92. The number of aryl methyl sites for hydroxylation is 1. The molecule has 4 N–H and O–H groups in total. The van der Waals surface area contributed by atoms with Crippen molar-refractivity contribution in [3.05, 3.63) is 77.4 Å². The number of carbonyl (C=O) groups excluding carboxylic acids is 1. The first-order valence-corrected chi connectivity index (χ1v) is 11.0. The monoisotopic (exact) mass is 466 g/mol. The molecule has 0 radical (unpaired) electrons. The second-order valence-electron chi connectivity index (χ2n) is 8.23. The molecule has 0 fully saturated rings. The van der Waals surface area contributed by atoms with Crippen LogP contribution in [0.25, 0.3) is 0 Å². The molecule has 0 aliphatic rings. The molecule has 3 aromatic carbocycles. The summed E-state index contributed by atoms with van der Waals surface area (Å²) in [6.07, 6.45) is 0.281. The number of hydrogen-bond donors (Lipinski definition) is 4. The van der Waals surface area contributed by atoms with Crippen molar-refractivity contribution in [2.24, 2.45) is 0 Å². The van der Waals surface area contributed by atoms with Crippen molar-refractivity contribution in [3.8, 4) is 28.7 Å². The smallest absolute Gasteiger partial charge is 0.160 e. The van der Waals surface area contributed by atoms with Gasteiger partial charge in [-0.3, -0.25) is 4.79 Å². The third-order valence-corrected chi connectivity index (χ3v) is 5.79. The summed E-state index contributed by atoms with van der Waals surface area (Å²) in [5, 5.41) is 40.1. The van der Waals surface area contributed by atoms with E-state index in [-0.39, 0.29) is 29.5 Å². The number of methoxy groups -OCH3 is 2. The number of ketones is 1. The maximum Gasteiger partial charge on any atom is 0.160 e. The largest absolute Gasteiger partial charge is 0.508 e. The summed E-state index contributed by atoms with van der Waals surface area (Å²) >= 11 is 0. The first-order chi connectivity index (χ1) is 16.3. The summed E-state index contributed by atoms with van der Waals surface area (Å²) in [4.78, 5) is 13.3. The predicted octanol–water partition coefficient (Wildman–Crippen LogP) is 4.10. The Balaban J connectivity index is 1.73. The third kappa shape index (κ3) is 6.42. The summed E-state index contributed by atoms with van der Waals surface area (Å²) in [5.74, 6) is 0.0217. The van der Waals surface area contributed by atoms with Gasteiger partial charge in [-0.25, -0.2) is 0 Å². The molecule has 2 atom stereocenters. The van der Waals surface area contributed by atoms with Gasteiger partial charge in [0.15, 0.2) is 23.0 Å². The summed E-state index contributed by atoms with van der Waals surface area (Å²) in [6, 6.07) is 16.4. The zero-order valence-corrected chi connectivity index (χ0v) is 19.3. The van der Waals surface area contributed by atoms with Crippen LogP contribution in [0.5, 0.6) is 28.7 Å². The number of ether oxygens (including phenoxy) is 2. The molecule has 3 aromatic rings. The van der Waals surface area contributed by atoms with E-state index in [9.17, 15) is 25.2 Å². The van der Waals surface area contributed by atoms with Gasteiger partial charge in [-0.1, -0.05) is 24.3 Å². The van der Waals surface area contributed by atoms with Crippen molar-refractivity contribution in [2.75, 3.05) is 14.2 Å². The van der Waals surface area contributed by atoms with Gasteiger partial charge in [-0.15, -0.1) is 0 Å². The van der Waals surface area contributed by atoms with Crippen LogP contribution in [-0.4, -0.2) is 46.5 Å². The van der Waals surface area contributed by atoms with E-state index >= 15 is 0 Å². The van der Waals surface area contributed by atoms with Gasteiger partial charge in [0.25, 0.3) is 0 Å². The average Bonchev–Trinajstić information content (AvgIpc) is 2.82. The molecule has 0 spiro atoms. The number of phenols is 3. The Hall–Kier alpha value is -3.71. The number of aliphatic hydroxyl groups is 1. The molecule has 7 heteroatoms. The van der Waals surface area contributed by atoms with Gasteiger partial charge in [-0.2, -0.15) is 0 Å². The Labute approximate surface area is 198 Å². The molecule has 3 rings (SSSR count). The lowest BCUT2D eigenvalue weighted by Gasteiger charge is -2.19.